The fourth-order valence-electron chi connectivity index (χ4n) is 2.86. The maximum Gasteiger partial charge on any atom is 0.210 e. The minimum Gasteiger partial charge on any atom is -0.478 e. The van der Waals surface area contributed by atoms with Crippen LogP contribution < -0.4 is 0 Å². The van der Waals surface area contributed by atoms with Crippen molar-refractivity contribution in [2.24, 2.45) is 0 Å². The van der Waals surface area contributed by atoms with E-state index in [4.69, 9.17) is 4.74 Å². The number of hydrogen-bond donors (Lipinski definition) is 0. The first-order chi connectivity index (χ1) is 12.2. The molecule has 6 heteroatoms. The van der Waals surface area contributed by atoms with E-state index in [9.17, 15) is 17.6 Å². The second kappa shape index (κ2) is 6.36. The molecule has 1 heterocycles. The molecule has 0 radical (unpaired) electrons. The van der Waals surface area contributed by atoms with Crippen LogP contribution in [0.25, 0.3) is 11.3 Å². The maximum absolute atomic E-state index is 13.3. The van der Waals surface area contributed by atoms with Gasteiger partial charge in [-0.3, -0.25) is 4.79 Å². The molecule has 1 atom stereocenters. The highest BCUT2D eigenvalue weighted by Crippen LogP contribution is 2.42. The van der Waals surface area contributed by atoms with Crippen molar-refractivity contribution in [2.45, 2.75) is 30.8 Å². The van der Waals surface area contributed by atoms with E-state index in [-0.39, 0.29) is 10.7 Å². The molecule has 136 valence electrons. The number of carbonyl (C=O) groups is 1. The number of ketones is 1. The number of halogens is 1. The smallest absolute Gasteiger partial charge is 0.210 e. The molecule has 0 saturated heterocycles. The van der Waals surface area contributed by atoms with E-state index >= 15 is 0 Å². The van der Waals surface area contributed by atoms with Crippen molar-refractivity contribution in [3.63, 3.8) is 0 Å². The monoisotopic (exact) mass is 374 g/mol. The number of Topliss-reactive ketones (excluding diaryl/α,β-unsaturated/α-hetero) is 1. The molecule has 0 aliphatic carbocycles. The highest BCUT2D eigenvalue weighted by molar-refractivity contribution is 7.90. The summed E-state index contributed by atoms with van der Waals surface area (Å²) < 4.78 is 42.6. The van der Waals surface area contributed by atoms with Crippen LogP contribution in [0.1, 0.15) is 31.4 Å². The summed E-state index contributed by atoms with van der Waals surface area (Å²) in [5.74, 6) is -0.183. The van der Waals surface area contributed by atoms with Gasteiger partial charge in [-0.15, -0.1) is 0 Å². The number of rotatable bonds is 4. The first-order valence-corrected chi connectivity index (χ1v) is 10.1. The van der Waals surface area contributed by atoms with Crippen LogP contribution in [0.15, 0.2) is 53.4 Å². The van der Waals surface area contributed by atoms with E-state index in [0.717, 1.165) is 6.26 Å². The highest BCUT2D eigenvalue weighted by Gasteiger charge is 2.45. The molecular formula is C20H19FO4S. The third-order valence-corrected chi connectivity index (χ3v) is 5.74. The topological polar surface area (TPSA) is 60.4 Å². The normalized spacial score (nSPS) is 20.4. The van der Waals surface area contributed by atoms with E-state index < -0.39 is 21.3 Å². The molecule has 1 unspecified atom stereocenters. The van der Waals surface area contributed by atoms with Gasteiger partial charge in [0.25, 0.3) is 0 Å². The number of ether oxygens (including phenoxy) is 1. The second-order valence-corrected chi connectivity index (χ2v) is 8.54. The summed E-state index contributed by atoms with van der Waals surface area (Å²) in [4.78, 5) is 13.2. The van der Waals surface area contributed by atoms with Crippen molar-refractivity contribution in [3.05, 3.63) is 65.5 Å². The summed E-state index contributed by atoms with van der Waals surface area (Å²) in [6.07, 6.45) is 1.61. The number of hydrogen-bond acceptors (Lipinski definition) is 4. The molecule has 0 fully saturated rings. The Morgan fingerprint density at radius 3 is 2.04 bits per heavy atom. The molecule has 4 nitrogen and oxygen atoms in total. The molecule has 26 heavy (non-hydrogen) atoms. The second-order valence-electron chi connectivity index (χ2n) is 6.52. The Labute approximate surface area is 152 Å². The van der Waals surface area contributed by atoms with Gasteiger partial charge in [-0.25, -0.2) is 12.8 Å². The Morgan fingerprint density at radius 2 is 1.54 bits per heavy atom. The predicted octanol–water partition coefficient (Wildman–Crippen LogP) is 3.87. The Bertz CT molecular complexity index is 989. The molecule has 2 aromatic rings. The minimum atomic E-state index is -3.32. The third kappa shape index (κ3) is 3.17. The van der Waals surface area contributed by atoms with Crippen LogP contribution in [-0.2, 0) is 19.4 Å². The Balaban J connectivity index is 2.16. The SMILES string of the molecule is CCC1(C)OC(c2ccc(S(C)(=O)=O)cc2)=C(c2ccc(F)cc2)C1=O. The molecular weight excluding hydrogens is 355 g/mol. The zero-order valence-corrected chi connectivity index (χ0v) is 15.6. The zero-order valence-electron chi connectivity index (χ0n) is 14.7. The van der Waals surface area contributed by atoms with E-state index in [0.29, 0.717) is 28.9 Å². The van der Waals surface area contributed by atoms with Gasteiger partial charge in [-0.1, -0.05) is 19.1 Å². The van der Waals surface area contributed by atoms with Crippen molar-refractivity contribution in [1.29, 1.82) is 0 Å². The quantitative estimate of drug-likeness (QED) is 0.815. The summed E-state index contributed by atoms with van der Waals surface area (Å²) >= 11 is 0. The summed E-state index contributed by atoms with van der Waals surface area (Å²) in [5.41, 5.74) is 0.536. The Hall–Kier alpha value is -2.47. The van der Waals surface area contributed by atoms with Crippen LogP contribution in [0.5, 0.6) is 0 Å². The Kier molecular flexibility index (Phi) is 4.48. The van der Waals surface area contributed by atoms with Crippen LogP contribution in [0.3, 0.4) is 0 Å². The van der Waals surface area contributed by atoms with Crippen LogP contribution >= 0.6 is 0 Å². The van der Waals surface area contributed by atoms with Crippen LogP contribution in [0.2, 0.25) is 0 Å². The summed E-state index contributed by atoms with van der Waals surface area (Å²) in [5, 5.41) is 0. The van der Waals surface area contributed by atoms with Gasteiger partial charge in [-0.2, -0.15) is 0 Å². The van der Waals surface area contributed by atoms with Gasteiger partial charge in [0.15, 0.2) is 15.4 Å². The van der Waals surface area contributed by atoms with Crippen molar-refractivity contribution in [1.82, 2.24) is 0 Å². The molecule has 0 bridgehead atoms. The average Bonchev–Trinajstić information content (AvgIpc) is 2.87. The predicted molar refractivity (Wildman–Crippen MR) is 97.6 cm³/mol. The number of benzene rings is 2. The Morgan fingerprint density at radius 1 is 1.00 bits per heavy atom. The lowest BCUT2D eigenvalue weighted by molar-refractivity contribution is -0.126. The number of carbonyl (C=O) groups excluding carboxylic acids is 1. The standard InChI is InChI=1S/C20H19FO4S/c1-4-20(2)19(22)17(13-5-9-15(21)10-6-13)18(25-20)14-7-11-16(12-8-14)26(3,23)24/h5-12H,4H2,1-3H3. The van der Waals surface area contributed by atoms with Gasteiger partial charge >= 0.3 is 0 Å². The molecule has 3 rings (SSSR count). The van der Waals surface area contributed by atoms with Crippen LogP contribution in [-0.4, -0.2) is 26.1 Å². The lowest BCUT2D eigenvalue weighted by atomic mass is 9.90. The van der Waals surface area contributed by atoms with E-state index in [2.05, 4.69) is 0 Å². The minimum absolute atomic E-state index is 0.172. The van der Waals surface area contributed by atoms with E-state index in [1.807, 2.05) is 6.92 Å². The van der Waals surface area contributed by atoms with Gasteiger partial charge in [0.2, 0.25) is 5.78 Å². The van der Waals surface area contributed by atoms with Crippen LogP contribution in [0, 0.1) is 5.82 Å². The molecule has 0 aromatic heterocycles. The summed E-state index contributed by atoms with van der Waals surface area (Å²) in [7, 11) is -3.32. The van der Waals surface area contributed by atoms with Gasteiger partial charge in [0.05, 0.1) is 10.5 Å². The fraction of sp³-hybridized carbons (Fsp3) is 0.250. The lowest BCUT2D eigenvalue weighted by Crippen LogP contribution is -2.32. The lowest BCUT2D eigenvalue weighted by Gasteiger charge is -2.21. The molecule has 0 spiro atoms. The molecule has 0 amide bonds. The maximum atomic E-state index is 13.3. The fourth-order valence-corrected chi connectivity index (χ4v) is 3.49. The number of sulfone groups is 1. The third-order valence-electron chi connectivity index (χ3n) is 4.61. The average molecular weight is 374 g/mol. The van der Waals surface area contributed by atoms with Gasteiger partial charge < -0.3 is 4.74 Å². The first kappa shape index (κ1) is 18.3. The molecule has 0 saturated carbocycles. The molecule has 0 N–H and O–H groups in total. The van der Waals surface area contributed by atoms with Crippen LogP contribution in [0.4, 0.5) is 4.39 Å². The largest absolute Gasteiger partial charge is 0.478 e. The van der Waals surface area contributed by atoms with E-state index in [1.54, 1.807) is 19.1 Å². The van der Waals surface area contributed by atoms with Crippen molar-refractivity contribution < 1.29 is 22.3 Å². The van der Waals surface area contributed by atoms with Crippen molar-refractivity contribution >= 4 is 27.0 Å². The zero-order chi connectivity index (χ0) is 19.1. The summed E-state index contributed by atoms with van der Waals surface area (Å²) in [6, 6.07) is 11.9. The highest BCUT2D eigenvalue weighted by atomic mass is 32.2. The summed E-state index contributed by atoms with van der Waals surface area (Å²) in [6.45, 7) is 3.58. The molecule has 1 aliphatic heterocycles. The van der Waals surface area contributed by atoms with Gasteiger partial charge in [0, 0.05) is 11.8 Å². The van der Waals surface area contributed by atoms with Gasteiger partial charge in [-0.05, 0) is 55.3 Å². The van der Waals surface area contributed by atoms with Gasteiger partial charge in [0.1, 0.15) is 11.6 Å². The molecule has 2 aromatic carbocycles. The van der Waals surface area contributed by atoms with Crippen molar-refractivity contribution in [3.8, 4) is 0 Å². The first-order valence-electron chi connectivity index (χ1n) is 8.20. The molecule has 1 aliphatic rings. The van der Waals surface area contributed by atoms with E-state index in [1.165, 1.54) is 36.4 Å². The van der Waals surface area contributed by atoms with Crippen molar-refractivity contribution in [2.75, 3.05) is 6.26 Å².